The number of rotatable bonds is 5. The summed E-state index contributed by atoms with van der Waals surface area (Å²) in [5.41, 5.74) is 5.26. The summed E-state index contributed by atoms with van der Waals surface area (Å²) >= 11 is 9.29. The van der Waals surface area contributed by atoms with Crippen molar-refractivity contribution in [2.24, 2.45) is 0 Å². The Kier molecular flexibility index (Phi) is 5.67. The zero-order valence-corrected chi connectivity index (χ0v) is 17.9. The van der Waals surface area contributed by atoms with Crippen molar-refractivity contribution < 1.29 is 0 Å². The maximum absolute atomic E-state index is 5.92. The van der Waals surface area contributed by atoms with Crippen LogP contribution < -0.4 is 0 Å². The van der Waals surface area contributed by atoms with Crippen LogP contribution in [0.4, 0.5) is 0 Å². The second kappa shape index (κ2) is 8.35. The molecule has 3 nitrogen and oxygen atoms in total. The Bertz CT molecular complexity index is 1110. The molecule has 4 rings (SSSR count). The van der Waals surface area contributed by atoms with E-state index >= 15 is 0 Å². The van der Waals surface area contributed by atoms with Gasteiger partial charge in [-0.2, -0.15) is 0 Å². The number of thiazole rings is 2. The molecule has 0 aliphatic carbocycles. The van der Waals surface area contributed by atoms with E-state index in [0.29, 0.717) is 0 Å². The van der Waals surface area contributed by atoms with Crippen LogP contribution in [-0.4, -0.2) is 15.0 Å². The molecule has 4 aromatic rings. The van der Waals surface area contributed by atoms with E-state index in [1.54, 1.807) is 22.7 Å². The number of hydrogen-bond donors (Lipinski definition) is 0. The quantitative estimate of drug-likeness (QED) is 0.358. The predicted octanol–water partition coefficient (Wildman–Crippen LogP) is 6.69. The normalized spacial score (nSPS) is 11.4. The van der Waals surface area contributed by atoms with E-state index in [4.69, 9.17) is 16.6 Å². The summed E-state index contributed by atoms with van der Waals surface area (Å²) in [6.07, 6.45) is 6.74. The van der Waals surface area contributed by atoms with E-state index in [1.807, 2.05) is 44.3 Å². The van der Waals surface area contributed by atoms with Gasteiger partial charge in [-0.05, 0) is 43.2 Å². The standard InChI is InChI=1S/C22H18ClN3S2/c1-14-22(28-15(2)25-14)20-13-27-21(26-20)11-19-10-7-17(12-24-19)4-3-16-5-8-18(23)9-6-16/h3-10,12-13H,11H2,1-2H3/b4-3+. The highest BCUT2D eigenvalue weighted by molar-refractivity contribution is 7.16. The monoisotopic (exact) mass is 423 g/mol. The van der Waals surface area contributed by atoms with Gasteiger partial charge >= 0.3 is 0 Å². The molecule has 140 valence electrons. The molecule has 3 aromatic heterocycles. The third kappa shape index (κ3) is 4.55. The van der Waals surface area contributed by atoms with Crippen molar-refractivity contribution in [1.29, 1.82) is 0 Å². The molecule has 0 bridgehead atoms. The summed E-state index contributed by atoms with van der Waals surface area (Å²) in [5.74, 6) is 0. The summed E-state index contributed by atoms with van der Waals surface area (Å²) in [7, 11) is 0. The molecule has 0 fully saturated rings. The van der Waals surface area contributed by atoms with E-state index < -0.39 is 0 Å². The lowest BCUT2D eigenvalue weighted by Crippen LogP contribution is -1.92. The van der Waals surface area contributed by atoms with Gasteiger partial charge in [0.05, 0.1) is 26.3 Å². The van der Waals surface area contributed by atoms with Crippen molar-refractivity contribution >= 4 is 46.4 Å². The molecule has 0 atom stereocenters. The van der Waals surface area contributed by atoms with Crippen molar-refractivity contribution in [2.75, 3.05) is 0 Å². The Morgan fingerprint density at radius 3 is 2.39 bits per heavy atom. The zero-order valence-electron chi connectivity index (χ0n) is 15.5. The van der Waals surface area contributed by atoms with E-state index in [-0.39, 0.29) is 0 Å². The van der Waals surface area contributed by atoms with Gasteiger partial charge in [-0.1, -0.05) is 42.0 Å². The highest BCUT2D eigenvalue weighted by Gasteiger charge is 2.12. The number of aryl methyl sites for hydroxylation is 2. The van der Waals surface area contributed by atoms with Gasteiger partial charge in [-0.25, -0.2) is 9.97 Å². The Hall–Kier alpha value is -2.34. The third-order valence-electron chi connectivity index (χ3n) is 4.21. The highest BCUT2D eigenvalue weighted by Crippen LogP contribution is 2.31. The first kappa shape index (κ1) is 19.0. The van der Waals surface area contributed by atoms with Gasteiger partial charge in [0, 0.05) is 28.7 Å². The van der Waals surface area contributed by atoms with Crippen molar-refractivity contribution in [1.82, 2.24) is 15.0 Å². The minimum Gasteiger partial charge on any atom is -0.260 e. The summed E-state index contributed by atoms with van der Waals surface area (Å²) < 4.78 is 0. The predicted molar refractivity (Wildman–Crippen MR) is 120 cm³/mol. The maximum Gasteiger partial charge on any atom is 0.0992 e. The van der Waals surface area contributed by atoms with Gasteiger partial charge in [0.15, 0.2) is 0 Å². The van der Waals surface area contributed by atoms with Crippen molar-refractivity contribution in [3.05, 3.63) is 85.5 Å². The average molecular weight is 424 g/mol. The van der Waals surface area contributed by atoms with Crippen LogP contribution in [0, 0.1) is 13.8 Å². The zero-order chi connectivity index (χ0) is 19.5. The molecular weight excluding hydrogens is 406 g/mol. The fraction of sp³-hybridized carbons (Fsp3) is 0.136. The summed E-state index contributed by atoms with van der Waals surface area (Å²) in [4.78, 5) is 15.0. The van der Waals surface area contributed by atoms with Gasteiger partial charge in [0.25, 0.3) is 0 Å². The first-order valence-electron chi connectivity index (χ1n) is 8.84. The lowest BCUT2D eigenvalue weighted by Gasteiger charge is -1.99. The molecule has 1 aromatic carbocycles. The van der Waals surface area contributed by atoms with E-state index in [2.05, 4.69) is 39.6 Å². The van der Waals surface area contributed by atoms with Gasteiger partial charge < -0.3 is 0 Å². The number of hydrogen-bond acceptors (Lipinski definition) is 5. The Balaban J connectivity index is 1.43. The van der Waals surface area contributed by atoms with Crippen molar-refractivity contribution in [2.45, 2.75) is 20.3 Å². The SMILES string of the molecule is Cc1nc(C)c(-c2csc(Cc3ccc(/C=C/c4ccc(Cl)cc4)cn3)n2)s1. The molecule has 28 heavy (non-hydrogen) atoms. The minimum atomic E-state index is 0.739. The largest absolute Gasteiger partial charge is 0.260 e. The van der Waals surface area contributed by atoms with Crippen molar-refractivity contribution in [3.63, 3.8) is 0 Å². The number of nitrogens with zero attached hydrogens (tertiary/aromatic N) is 3. The maximum atomic E-state index is 5.92. The molecule has 0 radical (unpaired) electrons. The highest BCUT2D eigenvalue weighted by atomic mass is 35.5. The fourth-order valence-corrected chi connectivity index (χ4v) is 4.71. The molecule has 0 saturated carbocycles. The summed E-state index contributed by atoms with van der Waals surface area (Å²) in [5, 5.41) is 5.00. The fourth-order valence-electron chi connectivity index (χ4n) is 2.83. The third-order valence-corrected chi connectivity index (χ3v) is 6.40. The van der Waals surface area contributed by atoms with Crippen LogP contribution in [-0.2, 0) is 6.42 Å². The lowest BCUT2D eigenvalue weighted by atomic mass is 10.1. The van der Waals surface area contributed by atoms with Crippen LogP contribution in [0.3, 0.4) is 0 Å². The van der Waals surface area contributed by atoms with Crippen LogP contribution in [0.2, 0.25) is 5.02 Å². The molecule has 0 aliphatic rings. The van der Waals surface area contributed by atoms with Crippen LogP contribution in [0.25, 0.3) is 22.7 Å². The molecule has 6 heteroatoms. The van der Waals surface area contributed by atoms with Crippen molar-refractivity contribution in [3.8, 4) is 10.6 Å². The number of benzene rings is 1. The van der Waals surface area contributed by atoms with Gasteiger partial charge in [-0.3, -0.25) is 4.98 Å². The Morgan fingerprint density at radius 2 is 1.71 bits per heavy atom. The first-order chi connectivity index (χ1) is 13.6. The Morgan fingerprint density at radius 1 is 0.964 bits per heavy atom. The molecule has 0 N–H and O–H groups in total. The van der Waals surface area contributed by atoms with Gasteiger partial charge in [0.2, 0.25) is 0 Å². The molecule has 0 saturated heterocycles. The number of pyridine rings is 1. The van der Waals surface area contributed by atoms with Crippen LogP contribution >= 0.6 is 34.3 Å². The molecule has 0 aliphatic heterocycles. The topological polar surface area (TPSA) is 38.7 Å². The van der Waals surface area contributed by atoms with Crippen LogP contribution in [0.1, 0.15) is 32.5 Å². The second-order valence-electron chi connectivity index (χ2n) is 6.42. The smallest absolute Gasteiger partial charge is 0.0992 e. The van der Waals surface area contributed by atoms with E-state index in [9.17, 15) is 0 Å². The molecule has 0 spiro atoms. The Labute approximate surface area is 177 Å². The molecule has 3 heterocycles. The van der Waals surface area contributed by atoms with E-state index in [1.165, 1.54) is 0 Å². The number of aromatic nitrogens is 3. The van der Waals surface area contributed by atoms with E-state index in [0.717, 1.165) is 54.5 Å². The first-order valence-corrected chi connectivity index (χ1v) is 10.9. The summed E-state index contributed by atoms with van der Waals surface area (Å²) in [6, 6.07) is 11.9. The van der Waals surface area contributed by atoms with Gasteiger partial charge in [-0.15, -0.1) is 22.7 Å². The number of halogens is 1. The van der Waals surface area contributed by atoms with Crippen LogP contribution in [0.15, 0.2) is 48.0 Å². The minimum absolute atomic E-state index is 0.739. The van der Waals surface area contributed by atoms with Gasteiger partial charge in [0.1, 0.15) is 0 Å². The lowest BCUT2D eigenvalue weighted by molar-refractivity contribution is 1.05. The molecule has 0 amide bonds. The second-order valence-corrected chi connectivity index (χ2v) is 9.00. The molecule has 0 unspecified atom stereocenters. The summed E-state index contributed by atoms with van der Waals surface area (Å²) in [6.45, 7) is 4.07. The van der Waals surface area contributed by atoms with Crippen LogP contribution in [0.5, 0.6) is 0 Å². The average Bonchev–Trinajstić information content (AvgIpc) is 3.28. The molecular formula is C22H18ClN3S2.